The van der Waals surface area contributed by atoms with Gasteiger partial charge in [0.1, 0.15) is 0 Å². The minimum Gasteiger partial charge on any atom is -0.356 e. The predicted octanol–water partition coefficient (Wildman–Crippen LogP) is 3.15. The van der Waals surface area contributed by atoms with Crippen LogP contribution >= 0.6 is 34.5 Å². The van der Waals surface area contributed by atoms with Crippen molar-refractivity contribution in [1.82, 2.24) is 20.9 Å². The van der Waals surface area contributed by atoms with E-state index >= 15 is 0 Å². The van der Waals surface area contributed by atoms with Crippen LogP contribution < -0.4 is 16.0 Å². The minimum absolute atomic E-state index is 0.200. The first-order valence-electron chi connectivity index (χ1n) is 8.64. The summed E-state index contributed by atoms with van der Waals surface area (Å²) in [5.41, 5.74) is 0.474. The van der Waals surface area contributed by atoms with E-state index in [9.17, 15) is 4.79 Å². The number of rotatable bonds is 8. The van der Waals surface area contributed by atoms with E-state index in [1.807, 2.05) is 6.20 Å². The Morgan fingerprint density at radius 1 is 1.15 bits per heavy atom. The predicted molar refractivity (Wildman–Crippen MR) is 113 cm³/mol. The molecule has 0 fully saturated rings. The molecule has 1 heterocycles. The zero-order chi connectivity index (χ0) is 19.6. The van der Waals surface area contributed by atoms with Crippen LogP contribution in [-0.2, 0) is 12.8 Å². The summed E-state index contributed by atoms with van der Waals surface area (Å²) in [5.74, 6) is 0.486. The fourth-order valence-corrected chi connectivity index (χ4v) is 3.39. The Balaban J connectivity index is 1.66. The second-order valence-electron chi connectivity index (χ2n) is 5.63. The molecular formula is C18H23Cl2N5OS. The van der Waals surface area contributed by atoms with Gasteiger partial charge in [0, 0.05) is 49.7 Å². The van der Waals surface area contributed by atoms with Gasteiger partial charge >= 0.3 is 0 Å². The van der Waals surface area contributed by atoms with Gasteiger partial charge in [-0.25, -0.2) is 4.98 Å². The number of halogens is 2. The molecule has 27 heavy (non-hydrogen) atoms. The Morgan fingerprint density at radius 2 is 1.89 bits per heavy atom. The Morgan fingerprint density at radius 3 is 2.56 bits per heavy atom. The van der Waals surface area contributed by atoms with Gasteiger partial charge in [0.05, 0.1) is 15.1 Å². The fraction of sp³-hybridized carbons (Fsp3) is 0.389. The molecule has 146 valence electrons. The first-order valence-corrected chi connectivity index (χ1v) is 10.2. The Kier molecular flexibility index (Phi) is 8.84. The molecule has 0 unspecified atom stereocenters. The van der Waals surface area contributed by atoms with Gasteiger partial charge in [0.15, 0.2) is 5.96 Å². The molecule has 0 atom stereocenters. The summed E-state index contributed by atoms with van der Waals surface area (Å²) in [6.45, 7) is 3.86. The molecule has 0 spiro atoms. The first kappa shape index (κ1) is 21.5. The summed E-state index contributed by atoms with van der Waals surface area (Å²) in [4.78, 5) is 21.9. The number of aryl methyl sites for hydroxylation is 1. The summed E-state index contributed by atoms with van der Waals surface area (Å²) in [6.07, 6.45) is 3.80. The summed E-state index contributed by atoms with van der Waals surface area (Å²) < 4.78 is 0. The zero-order valence-electron chi connectivity index (χ0n) is 15.3. The molecule has 1 aromatic carbocycles. The van der Waals surface area contributed by atoms with Crippen LogP contribution in [0.2, 0.25) is 10.0 Å². The molecule has 1 aromatic heterocycles. The number of benzene rings is 1. The third kappa shape index (κ3) is 7.01. The highest BCUT2D eigenvalue weighted by Gasteiger charge is 2.07. The maximum Gasteiger partial charge on any atom is 0.251 e. The van der Waals surface area contributed by atoms with Crippen LogP contribution in [0.15, 0.2) is 29.4 Å². The number of aromatic nitrogens is 1. The number of nitrogens with one attached hydrogen (secondary N) is 3. The van der Waals surface area contributed by atoms with Crippen molar-refractivity contribution in [2.75, 3.05) is 26.7 Å². The van der Waals surface area contributed by atoms with Crippen LogP contribution in [0.3, 0.4) is 0 Å². The Bertz CT molecular complexity index is 794. The number of guanidine groups is 1. The lowest BCUT2D eigenvalue weighted by Gasteiger charge is -2.12. The van der Waals surface area contributed by atoms with Crippen LogP contribution in [0.4, 0.5) is 0 Å². The van der Waals surface area contributed by atoms with Gasteiger partial charge in [0.25, 0.3) is 5.91 Å². The highest BCUT2D eigenvalue weighted by atomic mass is 35.5. The smallest absolute Gasteiger partial charge is 0.251 e. The SMILES string of the molecule is CCc1cnc(CCNC(=NC)NCCNC(=O)c2ccc(Cl)c(Cl)c2)s1. The molecule has 0 radical (unpaired) electrons. The molecule has 2 rings (SSSR count). The normalized spacial score (nSPS) is 11.3. The first-order chi connectivity index (χ1) is 13.0. The molecule has 6 nitrogen and oxygen atoms in total. The summed E-state index contributed by atoms with van der Waals surface area (Å²) in [5, 5.41) is 11.1. The van der Waals surface area contributed by atoms with E-state index in [1.165, 1.54) is 4.88 Å². The highest BCUT2D eigenvalue weighted by molar-refractivity contribution is 7.11. The Labute approximate surface area is 173 Å². The summed E-state index contributed by atoms with van der Waals surface area (Å²) >= 11 is 13.5. The van der Waals surface area contributed by atoms with Gasteiger partial charge in [-0.2, -0.15) is 0 Å². The molecule has 0 bridgehead atoms. The number of thiazole rings is 1. The zero-order valence-corrected chi connectivity index (χ0v) is 17.6. The molecule has 2 aromatic rings. The third-order valence-electron chi connectivity index (χ3n) is 3.69. The number of hydrogen-bond donors (Lipinski definition) is 3. The largest absolute Gasteiger partial charge is 0.356 e. The second kappa shape index (κ2) is 11.1. The number of nitrogens with zero attached hydrogens (tertiary/aromatic N) is 2. The van der Waals surface area contributed by atoms with Crippen LogP contribution in [-0.4, -0.2) is 43.5 Å². The van der Waals surface area contributed by atoms with Gasteiger partial charge in [-0.05, 0) is 24.6 Å². The quantitative estimate of drug-likeness (QED) is 0.343. The monoisotopic (exact) mass is 427 g/mol. The topological polar surface area (TPSA) is 78.4 Å². The average molecular weight is 428 g/mol. The van der Waals surface area contributed by atoms with Crippen molar-refractivity contribution in [3.8, 4) is 0 Å². The molecular weight excluding hydrogens is 405 g/mol. The molecule has 0 aliphatic rings. The summed E-state index contributed by atoms with van der Waals surface area (Å²) in [7, 11) is 1.71. The summed E-state index contributed by atoms with van der Waals surface area (Å²) in [6, 6.07) is 4.80. The molecule has 3 N–H and O–H groups in total. The van der Waals surface area contributed by atoms with Crippen LogP contribution in [0, 0.1) is 0 Å². The number of hydrogen-bond acceptors (Lipinski definition) is 4. The lowest BCUT2D eigenvalue weighted by atomic mass is 10.2. The maximum absolute atomic E-state index is 12.1. The lowest BCUT2D eigenvalue weighted by molar-refractivity contribution is 0.0954. The molecule has 1 amide bonds. The van der Waals surface area contributed by atoms with E-state index in [4.69, 9.17) is 23.2 Å². The molecule has 0 saturated heterocycles. The van der Waals surface area contributed by atoms with Crippen molar-refractivity contribution < 1.29 is 4.79 Å². The minimum atomic E-state index is -0.200. The van der Waals surface area contributed by atoms with Crippen LogP contribution in [0.1, 0.15) is 27.2 Å². The lowest BCUT2D eigenvalue weighted by Crippen LogP contribution is -2.42. The van der Waals surface area contributed by atoms with E-state index in [0.717, 1.165) is 24.4 Å². The third-order valence-corrected chi connectivity index (χ3v) is 5.63. The molecule has 0 aliphatic heterocycles. The standard InChI is InChI=1S/C18H23Cl2N5OS/c1-3-13-11-25-16(27-13)6-7-23-18(21-2)24-9-8-22-17(26)12-4-5-14(19)15(20)10-12/h4-5,10-11H,3,6-9H2,1-2H3,(H,22,26)(H2,21,23,24). The Hall–Kier alpha value is -1.83. The molecule has 9 heteroatoms. The van der Waals surface area contributed by atoms with Gasteiger partial charge < -0.3 is 16.0 Å². The van der Waals surface area contributed by atoms with Gasteiger partial charge in [-0.3, -0.25) is 9.79 Å². The van der Waals surface area contributed by atoms with Crippen molar-refractivity contribution in [1.29, 1.82) is 0 Å². The van der Waals surface area contributed by atoms with E-state index in [2.05, 4.69) is 32.9 Å². The van der Waals surface area contributed by atoms with Gasteiger partial charge in [0.2, 0.25) is 0 Å². The number of aliphatic imine (C=N–C) groups is 1. The van der Waals surface area contributed by atoms with Gasteiger partial charge in [-0.15, -0.1) is 11.3 Å². The second-order valence-corrected chi connectivity index (χ2v) is 7.65. The average Bonchev–Trinajstić information content (AvgIpc) is 3.13. The maximum atomic E-state index is 12.1. The van der Waals surface area contributed by atoms with Crippen LogP contribution in [0.5, 0.6) is 0 Å². The molecule has 0 saturated carbocycles. The highest BCUT2D eigenvalue weighted by Crippen LogP contribution is 2.22. The van der Waals surface area contributed by atoms with Crippen molar-refractivity contribution in [3.63, 3.8) is 0 Å². The van der Waals surface area contributed by atoms with E-state index in [1.54, 1.807) is 36.6 Å². The van der Waals surface area contributed by atoms with Crippen molar-refractivity contribution in [2.24, 2.45) is 4.99 Å². The van der Waals surface area contributed by atoms with Crippen molar-refractivity contribution in [2.45, 2.75) is 19.8 Å². The van der Waals surface area contributed by atoms with E-state index < -0.39 is 0 Å². The number of carbonyl (C=O) groups is 1. The van der Waals surface area contributed by atoms with E-state index in [0.29, 0.717) is 34.7 Å². The van der Waals surface area contributed by atoms with E-state index in [-0.39, 0.29) is 5.91 Å². The molecule has 0 aliphatic carbocycles. The van der Waals surface area contributed by atoms with Crippen LogP contribution in [0.25, 0.3) is 0 Å². The van der Waals surface area contributed by atoms with Crippen molar-refractivity contribution >= 4 is 46.4 Å². The number of carbonyl (C=O) groups excluding carboxylic acids is 1. The van der Waals surface area contributed by atoms with Gasteiger partial charge in [-0.1, -0.05) is 30.1 Å². The van der Waals surface area contributed by atoms with Crippen molar-refractivity contribution in [3.05, 3.63) is 49.9 Å². The number of amides is 1. The fourth-order valence-electron chi connectivity index (χ4n) is 2.23.